The molecule has 150 valence electrons. The lowest BCUT2D eigenvalue weighted by Gasteiger charge is -2.06. The molecular weight excluding hydrogens is 388 g/mol. The summed E-state index contributed by atoms with van der Waals surface area (Å²) in [7, 11) is 1.66. The van der Waals surface area contributed by atoms with Crippen LogP contribution in [0.3, 0.4) is 0 Å². The minimum Gasteiger partial charge on any atom is -0.497 e. The molecule has 2 aromatic carbocycles. The minimum absolute atomic E-state index is 0.417. The molecule has 0 aliphatic carbocycles. The van der Waals surface area contributed by atoms with Crippen molar-refractivity contribution in [2.24, 2.45) is 0 Å². The third kappa shape index (κ3) is 3.51. The van der Waals surface area contributed by atoms with Crippen LogP contribution in [0.15, 0.2) is 73.1 Å². The van der Waals surface area contributed by atoms with E-state index in [0.29, 0.717) is 18.1 Å². The lowest BCUT2D eigenvalue weighted by Crippen LogP contribution is -2.02. The second kappa shape index (κ2) is 7.76. The zero-order valence-corrected chi connectivity index (χ0v) is 16.8. The van der Waals surface area contributed by atoms with Crippen molar-refractivity contribution >= 4 is 33.3 Å². The fraction of sp³-hybridized carbons (Fsp3) is 0.0833. The second-order valence-corrected chi connectivity index (χ2v) is 7.06. The van der Waals surface area contributed by atoms with E-state index >= 15 is 0 Å². The van der Waals surface area contributed by atoms with Gasteiger partial charge in [0.15, 0.2) is 5.82 Å². The Hall–Kier alpha value is -4.44. The molecule has 0 bridgehead atoms. The molecule has 7 nitrogen and oxygen atoms in total. The number of nitrogens with zero attached hydrogens (tertiary/aromatic N) is 5. The average molecular weight is 406 g/mol. The van der Waals surface area contributed by atoms with Gasteiger partial charge in [-0.2, -0.15) is 10.4 Å². The molecular formula is C24H18N6O. The zero-order valence-electron chi connectivity index (χ0n) is 16.8. The van der Waals surface area contributed by atoms with Gasteiger partial charge in [0.2, 0.25) is 0 Å². The van der Waals surface area contributed by atoms with Crippen molar-refractivity contribution in [3.05, 3.63) is 84.3 Å². The largest absolute Gasteiger partial charge is 0.497 e. The number of hydrogen-bond acceptors (Lipinski definition) is 6. The Morgan fingerprint density at radius 3 is 2.71 bits per heavy atom. The highest BCUT2D eigenvalue weighted by Gasteiger charge is 2.13. The van der Waals surface area contributed by atoms with Crippen LogP contribution in [0.2, 0.25) is 0 Å². The molecule has 0 amide bonds. The second-order valence-electron chi connectivity index (χ2n) is 7.06. The van der Waals surface area contributed by atoms with Gasteiger partial charge in [-0.25, -0.2) is 4.98 Å². The number of hydrogen-bond donors (Lipinski definition) is 1. The maximum absolute atomic E-state index is 9.26. The Bertz CT molecular complexity index is 1430. The van der Waals surface area contributed by atoms with Gasteiger partial charge in [0.1, 0.15) is 23.0 Å². The Labute approximate surface area is 178 Å². The average Bonchev–Trinajstić information content (AvgIpc) is 3.16. The van der Waals surface area contributed by atoms with E-state index in [1.165, 1.54) is 0 Å². The van der Waals surface area contributed by atoms with Crippen molar-refractivity contribution in [3.8, 4) is 11.8 Å². The Kier molecular flexibility index (Phi) is 4.65. The molecule has 0 saturated carbocycles. The quantitative estimate of drug-likeness (QED) is 0.457. The third-order valence-corrected chi connectivity index (χ3v) is 5.13. The van der Waals surface area contributed by atoms with Gasteiger partial charge < -0.3 is 10.1 Å². The number of methoxy groups -OCH3 is 1. The number of nitrogens with one attached hydrogen (secondary N) is 1. The van der Waals surface area contributed by atoms with Crippen molar-refractivity contribution in [3.63, 3.8) is 0 Å². The van der Waals surface area contributed by atoms with E-state index in [9.17, 15) is 5.26 Å². The molecule has 3 aromatic heterocycles. The van der Waals surface area contributed by atoms with E-state index in [1.54, 1.807) is 19.5 Å². The molecule has 3 heterocycles. The van der Waals surface area contributed by atoms with E-state index in [-0.39, 0.29) is 0 Å². The number of ether oxygens (including phenoxy) is 1. The normalized spacial score (nSPS) is 10.8. The Morgan fingerprint density at radius 1 is 1.03 bits per heavy atom. The number of rotatable bonds is 5. The Morgan fingerprint density at radius 2 is 1.90 bits per heavy atom. The van der Waals surface area contributed by atoms with E-state index in [1.807, 2.05) is 65.3 Å². The van der Waals surface area contributed by atoms with Crippen LogP contribution in [0, 0.1) is 11.3 Å². The topological polar surface area (TPSA) is 88.6 Å². The predicted octanol–water partition coefficient (Wildman–Crippen LogP) is 4.65. The molecule has 0 unspecified atom stereocenters. The minimum atomic E-state index is 0.417. The molecule has 0 radical (unpaired) electrons. The summed E-state index contributed by atoms with van der Waals surface area (Å²) in [5.74, 6) is 1.50. The van der Waals surface area contributed by atoms with Crippen LogP contribution in [0.25, 0.3) is 21.8 Å². The van der Waals surface area contributed by atoms with Crippen molar-refractivity contribution < 1.29 is 4.74 Å². The molecule has 7 heteroatoms. The summed E-state index contributed by atoms with van der Waals surface area (Å²) in [6.07, 6.45) is 3.41. The molecule has 5 rings (SSSR count). The molecule has 1 N–H and O–H groups in total. The molecule has 0 atom stereocenters. The van der Waals surface area contributed by atoms with Crippen LogP contribution in [-0.2, 0) is 6.54 Å². The fourth-order valence-corrected chi connectivity index (χ4v) is 3.60. The Balaban J connectivity index is 1.50. The van der Waals surface area contributed by atoms with Gasteiger partial charge in [-0.05, 0) is 59.5 Å². The fourth-order valence-electron chi connectivity index (χ4n) is 3.60. The summed E-state index contributed by atoms with van der Waals surface area (Å²) >= 11 is 0. The first-order valence-corrected chi connectivity index (χ1v) is 9.75. The van der Waals surface area contributed by atoms with Crippen LogP contribution in [0.4, 0.5) is 11.5 Å². The molecule has 0 spiro atoms. The van der Waals surface area contributed by atoms with Crippen molar-refractivity contribution in [1.29, 1.82) is 5.26 Å². The van der Waals surface area contributed by atoms with Crippen LogP contribution < -0.4 is 10.1 Å². The van der Waals surface area contributed by atoms with Gasteiger partial charge in [0, 0.05) is 23.5 Å². The van der Waals surface area contributed by atoms with E-state index in [2.05, 4.69) is 21.4 Å². The number of nitriles is 1. The van der Waals surface area contributed by atoms with Crippen LogP contribution in [0.5, 0.6) is 5.75 Å². The first kappa shape index (κ1) is 18.6. The highest BCUT2D eigenvalue weighted by atomic mass is 16.5. The van der Waals surface area contributed by atoms with Gasteiger partial charge in [0.05, 0.1) is 19.2 Å². The van der Waals surface area contributed by atoms with E-state index in [0.717, 1.165) is 38.8 Å². The van der Waals surface area contributed by atoms with E-state index < -0.39 is 0 Å². The summed E-state index contributed by atoms with van der Waals surface area (Å²) in [6.45, 7) is 0.614. The predicted molar refractivity (Wildman–Crippen MR) is 119 cm³/mol. The van der Waals surface area contributed by atoms with Gasteiger partial charge in [0.25, 0.3) is 0 Å². The molecule has 31 heavy (non-hydrogen) atoms. The number of benzene rings is 2. The van der Waals surface area contributed by atoms with Crippen LogP contribution >= 0.6 is 0 Å². The van der Waals surface area contributed by atoms with Gasteiger partial charge in [-0.15, -0.1) is 0 Å². The monoisotopic (exact) mass is 406 g/mol. The first-order chi connectivity index (χ1) is 15.2. The highest BCUT2D eigenvalue weighted by Crippen LogP contribution is 2.27. The lowest BCUT2D eigenvalue weighted by atomic mass is 10.1. The summed E-state index contributed by atoms with van der Waals surface area (Å²) in [5, 5.41) is 19.2. The summed E-state index contributed by atoms with van der Waals surface area (Å²) in [6, 6.07) is 21.7. The number of anilines is 2. The molecule has 0 fully saturated rings. The van der Waals surface area contributed by atoms with Crippen LogP contribution in [0.1, 0.15) is 11.3 Å². The van der Waals surface area contributed by atoms with Gasteiger partial charge in [-0.3, -0.25) is 9.67 Å². The van der Waals surface area contributed by atoms with Gasteiger partial charge >= 0.3 is 0 Å². The standard InChI is InChI=1S/C24H18N6O/c1-31-19-7-4-16(5-8-19)15-30-22-3-2-11-27-23(22)24(29-30)28-18-6-9-20-17(13-18)10-12-26-21(20)14-25/h2-13H,15H2,1H3,(H,28,29). The maximum Gasteiger partial charge on any atom is 0.179 e. The molecule has 0 aliphatic heterocycles. The maximum atomic E-state index is 9.26. The van der Waals surface area contributed by atoms with Crippen molar-refractivity contribution in [1.82, 2.24) is 19.7 Å². The zero-order chi connectivity index (χ0) is 21.2. The molecule has 0 saturated heterocycles. The SMILES string of the molecule is COc1ccc(Cn2nc(Nc3ccc4c(C#N)nccc4c3)c3ncccc32)cc1. The lowest BCUT2D eigenvalue weighted by molar-refractivity contribution is 0.414. The van der Waals surface area contributed by atoms with Gasteiger partial charge in [-0.1, -0.05) is 12.1 Å². The highest BCUT2D eigenvalue weighted by molar-refractivity contribution is 5.92. The first-order valence-electron chi connectivity index (χ1n) is 9.75. The molecule has 5 aromatic rings. The number of pyridine rings is 2. The number of fused-ring (bicyclic) bond motifs is 2. The smallest absolute Gasteiger partial charge is 0.179 e. The third-order valence-electron chi connectivity index (χ3n) is 5.13. The van der Waals surface area contributed by atoms with Crippen molar-refractivity contribution in [2.75, 3.05) is 12.4 Å². The van der Waals surface area contributed by atoms with Crippen molar-refractivity contribution in [2.45, 2.75) is 6.54 Å². The number of aromatic nitrogens is 4. The van der Waals surface area contributed by atoms with E-state index in [4.69, 9.17) is 9.84 Å². The molecule has 0 aliphatic rings. The summed E-state index contributed by atoms with van der Waals surface area (Å²) in [5.41, 5.74) is 4.13. The summed E-state index contributed by atoms with van der Waals surface area (Å²) in [4.78, 5) is 8.66. The summed E-state index contributed by atoms with van der Waals surface area (Å²) < 4.78 is 7.18. The van der Waals surface area contributed by atoms with Crippen LogP contribution in [-0.4, -0.2) is 26.9 Å².